The van der Waals surface area contributed by atoms with Crippen LogP contribution in [0, 0.1) is 18.3 Å². The number of nitrogens with zero attached hydrogens (tertiary/aromatic N) is 4. The van der Waals surface area contributed by atoms with Crippen molar-refractivity contribution >= 4 is 29.1 Å². The van der Waals surface area contributed by atoms with E-state index in [2.05, 4.69) is 4.98 Å². The van der Waals surface area contributed by atoms with Gasteiger partial charge < -0.3 is 4.42 Å². The third-order valence-corrected chi connectivity index (χ3v) is 4.94. The van der Waals surface area contributed by atoms with Gasteiger partial charge >= 0.3 is 0 Å². The number of rotatable bonds is 3. The van der Waals surface area contributed by atoms with Gasteiger partial charge in [-0.05, 0) is 37.6 Å². The van der Waals surface area contributed by atoms with Crippen LogP contribution in [0.1, 0.15) is 25.4 Å². The number of oxazole rings is 1. The molecule has 7 heteroatoms. The molecule has 3 heterocycles. The van der Waals surface area contributed by atoms with E-state index in [1.165, 1.54) is 0 Å². The molecule has 0 unspecified atom stereocenters. The summed E-state index contributed by atoms with van der Waals surface area (Å²) in [5.41, 5.74) is 3.40. The molecule has 0 bridgehead atoms. The van der Waals surface area contributed by atoms with Crippen LogP contribution in [0.2, 0.25) is 0 Å². The first-order valence-electron chi connectivity index (χ1n) is 9.19. The fourth-order valence-corrected chi connectivity index (χ4v) is 3.53. The second-order valence-corrected chi connectivity index (χ2v) is 6.69. The molecule has 0 fully saturated rings. The Morgan fingerprint density at radius 1 is 1.17 bits per heavy atom. The predicted octanol–water partition coefficient (Wildman–Crippen LogP) is 3.54. The third-order valence-electron chi connectivity index (χ3n) is 4.94. The number of aryl methyl sites for hydroxylation is 1. The number of para-hydroxylation sites is 1. The molecule has 0 saturated carbocycles. The van der Waals surface area contributed by atoms with Gasteiger partial charge in [0, 0.05) is 30.8 Å². The molecule has 3 aromatic rings. The van der Waals surface area contributed by atoms with Crippen molar-refractivity contribution in [3.63, 3.8) is 0 Å². The predicted molar refractivity (Wildman–Crippen MR) is 107 cm³/mol. The fourth-order valence-electron chi connectivity index (χ4n) is 3.53. The minimum Gasteiger partial charge on any atom is -0.439 e. The number of fused-ring (bicyclic) bond motifs is 1. The van der Waals surface area contributed by atoms with Crippen molar-refractivity contribution in [3.8, 4) is 11.8 Å². The van der Waals surface area contributed by atoms with E-state index in [0.29, 0.717) is 34.0 Å². The first-order valence-corrected chi connectivity index (χ1v) is 9.19. The summed E-state index contributed by atoms with van der Waals surface area (Å²) in [5, 5.41) is 9.44. The Balaban J connectivity index is 1.98. The van der Waals surface area contributed by atoms with Crippen molar-refractivity contribution in [2.24, 2.45) is 0 Å². The van der Waals surface area contributed by atoms with Crippen molar-refractivity contribution in [2.45, 2.75) is 20.8 Å². The van der Waals surface area contributed by atoms with Gasteiger partial charge in [0.1, 0.15) is 11.6 Å². The summed E-state index contributed by atoms with van der Waals surface area (Å²) < 4.78 is 7.57. The molecule has 29 heavy (non-hydrogen) atoms. The number of likely N-dealkylation sites (N-methyl/N-ethyl adjacent to an activating group) is 1. The number of aromatic nitrogens is 2. The molecule has 2 amide bonds. The Hall–Kier alpha value is -3.92. The molecule has 7 nitrogen and oxygen atoms in total. The van der Waals surface area contributed by atoms with Crippen LogP contribution in [0.15, 0.2) is 57.5 Å². The number of carbonyl (C=O) groups excluding carboxylic acids is 2. The number of hydrogen-bond donors (Lipinski definition) is 0. The van der Waals surface area contributed by atoms with E-state index >= 15 is 0 Å². The maximum atomic E-state index is 12.9. The van der Waals surface area contributed by atoms with Crippen LogP contribution in [0.5, 0.6) is 0 Å². The van der Waals surface area contributed by atoms with E-state index in [-0.39, 0.29) is 12.1 Å². The largest absolute Gasteiger partial charge is 0.439 e. The highest BCUT2D eigenvalue weighted by molar-refractivity contribution is 6.19. The standard InChI is InChI=1S/C22H18N4O3/c1-4-25-21(27)17(13(2)18(12-23)22(25)28)10-16-11-19-20(24-14(3)29-19)26(16)15-8-6-5-7-9-15/h5-11H,4H2,1-3H3/b17-10-. The molecule has 1 aliphatic rings. The van der Waals surface area contributed by atoms with Gasteiger partial charge in [-0.1, -0.05) is 18.2 Å². The lowest BCUT2D eigenvalue weighted by Gasteiger charge is -2.26. The molecule has 0 radical (unpaired) electrons. The van der Waals surface area contributed by atoms with Crippen molar-refractivity contribution in [2.75, 3.05) is 6.54 Å². The van der Waals surface area contributed by atoms with Gasteiger partial charge in [0.2, 0.25) is 0 Å². The van der Waals surface area contributed by atoms with Gasteiger partial charge in [0.05, 0.1) is 5.69 Å². The average Bonchev–Trinajstić information content (AvgIpc) is 3.21. The molecular weight excluding hydrogens is 368 g/mol. The van der Waals surface area contributed by atoms with E-state index in [1.807, 2.05) is 41.0 Å². The van der Waals surface area contributed by atoms with Crippen LogP contribution in [0.4, 0.5) is 0 Å². The summed E-state index contributed by atoms with van der Waals surface area (Å²) in [4.78, 5) is 30.9. The van der Waals surface area contributed by atoms with E-state index in [9.17, 15) is 14.9 Å². The first-order chi connectivity index (χ1) is 14.0. The van der Waals surface area contributed by atoms with Gasteiger partial charge in [-0.25, -0.2) is 0 Å². The molecule has 1 aromatic carbocycles. The van der Waals surface area contributed by atoms with Crippen molar-refractivity contribution in [1.29, 1.82) is 5.26 Å². The van der Waals surface area contributed by atoms with E-state index in [0.717, 1.165) is 10.6 Å². The highest BCUT2D eigenvalue weighted by Crippen LogP contribution is 2.30. The van der Waals surface area contributed by atoms with Gasteiger partial charge in [-0.3, -0.25) is 19.1 Å². The molecule has 0 N–H and O–H groups in total. The van der Waals surface area contributed by atoms with Gasteiger partial charge in [0.15, 0.2) is 17.1 Å². The SMILES string of the molecule is CCN1C(=O)C(C#N)=C(C)/C(=C/c2cc3oc(C)nc3n2-c2ccccc2)C1=O. The van der Waals surface area contributed by atoms with Gasteiger partial charge in [-0.2, -0.15) is 10.2 Å². The number of imide groups is 1. The van der Waals surface area contributed by atoms with Crippen LogP contribution in [0.25, 0.3) is 23.0 Å². The Morgan fingerprint density at radius 3 is 2.55 bits per heavy atom. The molecule has 4 rings (SSSR count). The second-order valence-electron chi connectivity index (χ2n) is 6.69. The van der Waals surface area contributed by atoms with Crippen molar-refractivity contribution in [1.82, 2.24) is 14.5 Å². The maximum absolute atomic E-state index is 12.9. The minimum atomic E-state index is -0.556. The number of amides is 2. The normalized spacial score (nSPS) is 16.2. The van der Waals surface area contributed by atoms with Crippen LogP contribution < -0.4 is 0 Å². The third kappa shape index (κ3) is 2.86. The zero-order valence-corrected chi connectivity index (χ0v) is 16.3. The topological polar surface area (TPSA) is 92.1 Å². The number of carbonyl (C=O) groups is 2. The summed E-state index contributed by atoms with van der Waals surface area (Å²) in [6, 6.07) is 13.3. The zero-order chi connectivity index (χ0) is 20.7. The first kappa shape index (κ1) is 18.4. The van der Waals surface area contributed by atoms with Crippen molar-refractivity contribution in [3.05, 3.63) is 64.7 Å². The van der Waals surface area contributed by atoms with Crippen LogP contribution >= 0.6 is 0 Å². The van der Waals surface area contributed by atoms with Crippen LogP contribution in [-0.4, -0.2) is 32.8 Å². The minimum absolute atomic E-state index is 0.0202. The van der Waals surface area contributed by atoms with Crippen molar-refractivity contribution < 1.29 is 14.0 Å². The molecular formula is C22H18N4O3. The molecule has 0 atom stereocenters. The lowest BCUT2D eigenvalue weighted by atomic mass is 9.94. The van der Waals surface area contributed by atoms with Gasteiger partial charge in [-0.15, -0.1) is 0 Å². The number of hydrogen-bond acceptors (Lipinski definition) is 5. The lowest BCUT2D eigenvalue weighted by molar-refractivity contribution is -0.140. The summed E-state index contributed by atoms with van der Waals surface area (Å²) in [5.74, 6) is -0.437. The zero-order valence-electron chi connectivity index (χ0n) is 16.3. The Bertz CT molecular complexity index is 1250. The van der Waals surface area contributed by atoms with E-state index < -0.39 is 11.8 Å². The number of benzene rings is 1. The molecule has 0 aliphatic carbocycles. The molecule has 0 spiro atoms. The Morgan fingerprint density at radius 2 is 1.90 bits per heavy atom. The van der Waals surface area contributed by atoms with Crippen LogP contribution in [-0.2, 0) is 9.59 Å². The average molecular weight is 386 g/mol. The van der Waals surface area contributed by atoms with Gasteiger partial charge in [0.25, 0.3) is 11.8 Å². The van der Waals surface area contributed by atoms with E-state index in [1.54, 1.807) is 32.9 Å². The number of nitriles is 1. The smallest absolute Gasteiger partial charge is 0.271 e. The molecule has 1 aliphatic heterocycles. The highest BCUT2D eigenvalue weighted by Gasteiger charge is 2.34. The monoisotopic (exact) mass is 386 g/mol. The molecule has 2 aromatic heterocycles. The van der Waals surface area contributed by atoms with Crippen LogP contribution in [0.3, 0.4) is 0 Å². The molecule has 144 valence electrons. The van der Waals surface area contributed by atoms with E-state index in [4.69, 9.17) is 4.42 Å². The fraction of sp³-hybridized carbons (Fsp3) is 0.182. The summed E-state index contributed by atoms with van der Waals surface area (Å²) in [7, 11) is 0. The summed E-state index contributed by atoms with van der Waals surface area (Å²) in [6.07, 6.45) is 1.68. The lowest BCUT2D eigenvalue weighted by Crippen LogP contribution is -2.42. The quantitative estimate of drug-likeness (QED) is 0.507. The second kappa shape index (κ2) is 6.91. The summed E-state index contributed by atoms with van der Waals surface area (Å²) in [6.45, 7) is 5.29. The Kier molecular flexibility index (Phi) is 4.40. The Labute approximate surface area is 167 Å². The maximum Gasteiger partial charge on any atom is 0.271 e. The summed E-state index contributed by atoms with van der Waals surface area (Å²) >= 11 is 0. The highest BCUT2D eigenvalue weighted by atomic mass is 16.3. The molecule has 0 saturated heterocycles.